The van der Waals surface area contributed by atoms with Crippen LogP contribution in [0.2, 0.25) is 0 Å². The average molecular weight is 401 g/mol. The van der Waals surface area contributed by atoms with E-state index in [2.05, 4.69) is 14.8 Å². The highest BCUT2D eigenvalue weighted by atomic mass is 32.2. The predicted molar refractivity (Wildman–Crippen MR) is 103 cm³/mol. The van der Waals surface area contributed by atoms with Gasteiger partial charge in [0.25, 0.3) is 5.69 Å². The lowest BCUT2D eigenvalue weighted by atomic mass is 10.2. The third kappa shape index (κ3) is 4.78. The fourth-order valence-corrected chi connectivity index (χ4v) is 3.80. The molecule has 0 saturated heterocycles. The molecular formula is C18H19N5O4S. The van der Waals surface area contributed by atoms with Gasteiger partial charge in [-0.3, -0.25) is 10.1 Å². The van der Waals surface area contributed by atoms with Crippen LogP contribution in [0, 0.1) is 24.0 Å². The van der Waals surface area contributed by atoms with E-state index in [0.29, 0.717) is 16.9 Å². The van der Waals surface area contributed by atoms with Crippen LogP contribution in [-0.4, -0.2) is 28.1 Å². The number of non-ortho nitro benzene ring substituents is 1. The minimum atomic E-state index is -3.60. The number of aryl methyl sites for hydroxylation is 2. The second-order valence-electron chi connectivity index (χ2n) is 6.37. The lowest BCUT2D eigenvalue weighted by Crippen LogP contribution is -2.24. The van der Waals surface area contributed by atoms with Gasteiger partial charge in [0, 0.05) is 30.6 Å². The second kappa shape index (κ2) is 7.87. The lowest BCUT2D eigenvalue weighted by molar-refractivity contribution is -0.384. The van der Waals surface area contributed by atoms with E-state index < -0.39 is 14.9 Å². The number of nitro groups is 1. The molecule has 0 aliphatic rings. The van der Waals surface area contributed by atoms with Gasteiger partial charge in [0.15, 0.2) is 5.82 Å². The molecule has 0 radical (unpaired) electrons. The minimum Gasteiger partial charge on any atom is -0.258 e. The number of benzene rings is 1. The molecular weight excluding hydrogens is 382 g/mol. The van der Waals surface area contributed by atoms with Crippen molar-refractivity contribution in [2.24, 2.45) is 0 Å². The molecule has 0 amide bonds. The summed E-state index contributed by atoms with van der Waals surface area (Å²) in [5.74, 6) is 0.394. The Hall–Kier alpha value is -3.11. The van der Waals surface area contributed by atoms with Crippen LogP contribution in [-0.2, 0) is 22.3 Å². The van der Waals surface area contributed by atoms with Crippen molar-refractivity contribution in [2.45, 2.75) is 26.1 Å². The van der Waals surface area contributed by atoms with E-state index in [1.165, 1.54) is 24.3 Å². The van der Waals surface area contributed by atoms with Gasteiger partial charge in [-0.15, -0.1) is 0 Å². The summed E-state index contributed by atoms with van der Waals surface area (Å²) in [7, 11) is -3.60. The number of hydrogen-bond acceptors (Lipinski definition) is 6. The smallest absolute Gasteiger partial charge is 0.258 e. The monoisotopic (exact) mass is 401 g/mol. The maximum Gasteiger partial charge on any atom is 0.269 e. The van der Waals surface area contributed by atoms with Crippen molar-refractivity contribution < 1.29 is 13.3 Å². The molecule has 9 nitrogen and oxygen atoms in total. The van der Waals surface area contributed by atoms with E-state index in [1.54, 1.807) is 23.0 Å². The fourth-order valence-electron chi connectivity index (χ4n) is 2.69. The van der Waals surface area contributed by atoms with Crippen molar-refractivity contribution in [1.82, 2.24) is 19.5 Å². The number of nitrogens with zero attached hydrogens (tertiary/aromatic N) is 4. The highest BCUT2D eigenvalue weighted by Gasteiger charge is 2.13. The number of aromatic nitrogens is 3. The van der Waals surface area contributed by atoms with Crippen LogP contribution in [0.25, 0.3) is 5.82 Å². The third-order valence-electron chi connectivity index (χ3n) is 4.04. The summed E-state index contributed by atoms with van der Waals surface area (Å²) in [5, 5.41) is 15.0. The van der Waals surface area contributed by atoms with Crippen LogP contribution >= 0.6 is 0 Å². The number of nitro benzene ring substituents is 1. The number of sulfonamides is 1. The van der Waals surface area contributed by atoms with Gasteiger partial charge in [-0.25, -0.2) is 22.8 Å². The summed E-state index contributed by atoms with van der Waals surface area (Å²) < 4.78 is 28.7. The Morgan fingerprint density at radius 1 is 1.11 bits per heavy atom. The Kier molecular flexibility index (Phi) is 5.52. The molecule has 0 saturated carbocycles. The number of nitrogens with one attached hydrogen (secondary N) is 1. The lowest BCUT2D eigenvalue weighted by Gasteiger charge is -2.08. The van der Waals surface area contributed by atoms with Crippen molar-refractivity contribution in [3.05, 3.63) is 81.3 Å². The maximum atomic E-state index is 12.2. The van der Waals surface area contributed by atoms with Gasteiger partial charge in [-0.1, -0.05) is 18.2 Å². The first-order valence-corrected chi connectivity index (χ1v) is 10.1. The summed E-state index contributed by atoms with van der Waals surface area (Å²) in [4.78, 5) is 14.5. The van der Waals surface area contributed by atoms with Gasteiger partial charge in [0.1, 0.15) is 0 Å². The Labute approximate surface area is 162 Å². The van der Waals surface area contributed by atoms with Crippen LogP contribution in [0.4, 0.5) is 5.69 Å². The average Bonchev–Trinajstić information content (AvgIpc) is 2.99. The normalized spacial score (nSPS) is 11.5. The van der Waals surface area contributed by atoms with Gasteiger partial charge < -0.3 is 0 Å². The van der Waals surface area contributed by atoms with E-state index in [-0.39, 0.29) is 18.0 Å². The molecule has 0 aliphatic carbocycles. The quantitative estimate of drug-likeness (QED) is 0.479. The van der Waals surface area contributed by atoms with Crippen molar-refractivity contribution in [3.8, 4) is 5.82 Å². The van der Waals surface area contributed by atoms with Crippen LogP contribution in [0.15, 0.2) is 48.7 Å². The highest BCUT2D eigenvalue weighted by Crippen LogP contribution is 2.14. The van der Waals surface area contributed by atoms with Crippen LogP contribution in [0.1, 0.15) is 22.5 Å². The SMILES string of the molecule is Cc1cc(C)n(-c2ccc(CNS(=O)(=O)Cc3ccc([N+](=O)[O-])cc3)cn2)n1. The van der Waals surface area contributed by atoms with E-state index >= 15 is 0 Å². The van der Waals surface area contributed by atoms with Gasteiger partial charge in [0.05, 0.1) is 16.4 Å². The van der Waals surface area contributed by atoms with Gasteiger partial charge in [0.2, 0.25) is 10.0 Å². The van der Waals surface area contributed by atoms with Crippen molar-refractivity contribution in [3.63, 3.8) is 0 Å². The first kappa shape index (κ1) is 19.6. The summed E-state index contributed by atoms with van der Waals surface area (Å²) in [6.45, 7) is 3.93. The van der Waals surface area contributed by atoms with E-state index in [1.807, 2.05) is 19.9 Å². The van der Waals surface area contributed by atoms with Gasteiger partial charge >= 0.3 is 0 Å². The van der Waals surface area contributed by atoms with Crippen molar-refractivity contribution >= 4 is 15.7 Å². The molecule has 2 heterocycles. The summed E-state index contributed by atoms with van der Waals surface area (Å²) in [6.07, 6.45) is 1.60. The molecule has 0 aliphatic heterocycles. The zero-order chi connectivity index (χ0) is 20.3. The fraction of sp³-hybridized carbons (Fsp3) is 0.222. The zero-order valence-electron chi connectivity index (χ0n) is 15.4. The molecule has 3 rings (SSSR count). The first-order valence-electron chi connectivity index (χ1n) is 8.43. The minimum absolute atomic E-state index is 0.0807. The molecule has 146 valence electrons. The van der Waals surface area contributed by atoms with E-state index in [9.17, 15) is 18.5 Å². The van der Waals surface area contributed by atoms with Crippen LogP contribution in [0.5, 0.6) is 0 Å². The Bertz CT molecular complexity index is 1090. The molecule has 1 aromatic carbocycles. The summed E-state index contributed by atoms with van der Waals surface area (Å²) in [5.41, 5.74) is 2.94. The molecule has 0 fully saturated rings. The van der Waals surface area contributed by atoms with Crippen molar-refractivity contribution in [2.75, 3.05) is 0 Å². The zero-order valence-corrected chi connectivity index (χ0v) is 16.2. The Morgan fingerprint density at radius 2 is 1.79 bits per heavy atom. The predicted octanol–water partition coefficient (Wildman–Crippen LogP) is 2.41. The standard InChI is InChI=1S/C18H19N5O4S/c1-13-9-14(2)22(21-13)18-8-5-16(10-19-18)11-20-28(26,27)12-15-3-6-17(7-4-15)23(24)25/h3-10,20H,11-12H2,1-2H3. The molecule has 0 spiro atoms. The number of hydrogen-bond donors (Lipinski definition) is 1. The molecule has 0 atom stereocenters. The molecule has 10 heteroatoms. The van der Waals surface area contributed by atoms with E-state index in [0.717, 1.165) is 11.4 Å². The summed E-state index contributed by atoms with van der Waals surface area (Å²) >= 11 is 0. The van der Waals surface area contributed by atoms with Gasteiger partial charge in [-0.2, -0.15) is 5.10 Å². The van der Waals surface area contributed by atoms with Crippen LogP contribution < -0.4 is 4.72 Å². The first-order chi connectivity index (χ1) is 13.2. The maximum absolute atomic E-state index is 12.2. The second-order valence-corrected chi connectivity index (χ2v) is 8.17. The highest BCUT2D eigenvalue weighted by molar-refractivity contribution is 7.88. The summed E-state index contributed by atoms with van der Waals surface area (Å²) in [6, 6.07) is 10.9. The molecule has 2 aromatic heterocycles. The van der Waals surface area contributed by atoms with E-state index in [4.69, 9.17) is 0 Å². The van der Waals surface area contributed by atoms with Gasteiger partial charge in [-0.05, 0) is 37.1 Å². The Balaban J connectivity index is 1.62. The number of pyridine rings is 1. The third-order valence-corrected chi connectivity index (χ3v) is 5.33. The van der Waals surface area contributed by atoms with Crippen LogP contribution in [0.3, 0.4) is 0 Å². The largest absolute Gasteiger partial charge is 0.269 e. The molecule has 0 bridgehead atoms. The number of rotatable bonds is 7. The molecule has 3 aromatic rings. The molecule has 0 unspecified atom stereocenters. The van der Waals surface area contributed by atoms with Crippen molar-refractivity contribution in [1.29, 1.82) is 0 Å². The topological polar surface area (TPSA) is 120 Å². The molecule has 1 N–H and O–H groups in total. The molecule has 28 heavy (non-hydrogen) atoms. The Morgan fingerprint density at radius 3 is 2.32 bits per heavy atom.